The molecule has 19 heavy (non-hydrogen) atoms. The third-order valence-electron chi connectivity index (χ3n) is 2.55. The molecule has 0 radical (unpaired) electrons. The number of carbonyl (C=O) groups excluding carboxylic acids is 2. The predicted molar refractivity (Wildman–Crippen MR) is 68.1 cm³/mol. The van der Waals surface area contributed by atoms with E-state index in [2.05, 4.69) is 4.99 Å². The normalized spacial score (nSPS) is 16.9. The molecule has 2 heterocycles. The standard InChI is InChI=1S/C13H14N2O4/c1-3-18-12(16)8-15-9(2)14-11(13(15)17)7-10-5-4-6-19-10/h4-7H,3,8H2,1-2H3/b11-7-. The van der Waals surface area contributed by atoms with Gasteiger partial charge in [0.25, 0.3) is 5.91 Å². The van der Waals surface area contributed by atoms with Crippen LogP contribution in [-0.4, -0.2) is 35.8 Å². The Morgan fingerprint density at radius 1 is 1.58 bits per heavy atom. The van der Waals surface area contributed by atoms with E-state index in [1.807, 2.05) is 0 Å². The topological polar surface area (TPSA) is 72.1 Å². The van der Waals surface area contributed by atoms with E-state index in [9.17, 15) is 9.59 Å². The summed E-state index contributed by atoms with van der Waals surface area (Å²) in [5, 5.41) is 0. The molecule has 1 amide bonds. The van der Waals surface area contributed by atoms with Crippen LogP contribution in [0, 0.1) is 0 Å². The van der Waals surface area contributed by atoms with E-state index >= 15 is 0 Å². The van der Waals surface area contributed by atoms with Crippen molar-refractivity contribution in [3.63, 3.8) is 0 Å². The molecule has 0 saturated carbocycles. The summed E-state index contributed by atoms with van der Waals surface area (Å²) in [6.07, 6.45) is 3.05. The second-order valence-corrected chi connectivity index (χ2v) is 3.90. The Morgan fingerprint density at radius 2 is 2.37 bits per heavy atom. The minimum absolute atomic E-state index is 0.127. The first-order chi connectivity index (χ1) is 9.11. The maximum Gasteiger partial charge on any atom is 0.326 e. The van der Waals surface area contributed by atoms with Crippen molar-refractivity contribution in [3.05, 3.63) is 29.9 Å². The summed E-state index contributed by atoms with van der Waals surface area (Å²) in [4.78, 5) is 28.9. The van der Waals surface area contributed by atoms with E-state index in [0.717, 1.165) is 0 Å². The van der Waals surface area contributed by atoms with Gasteiger partial charge in [0, 0.05) is 6.08 Å². The zero-order valence-corrected chi connectivity index (χ0v) is 10.8. The van der Waals surface area contributed by atoms with E-state index in [4.69, 9.17) is 9.15 Å². The largest absolute Gasteiger partial charge is 0.465 e. The molecule has 0 atom stereocenters. The molecule has 1 aliphatic rings. The Labute approximate surface area is 110 Å². The monoisotopic (exact) mass is 262 g/mol. The lowest BCUT2D eigenvalue weighted by atomic mass is 10.3. The second-order valence-electron chi connectivity index (χ2n) is 3.90. The molecule has 6 heteroatoms. The molecular weight excluding hydrogens is 248 g/mol. The first kappa shape index (κ1) is 13.1. The van der Waals surface area contributed by atoms with Crippen LogP contribution in [0.25, 0.3) is 6.08 Å². The molecule has 0 N–H and O–H groups in total. The van der Waals surface area contributed by atoms with Crippen LogP contribution < -0.4 is 0 Å². The Morgan fingerprint density at radius 3 is 3.00 bits per heavy atom. The van der Waals surface area contributed by atoms with E-state index in [1.165, 1.54) is 17.2 Å². The molecule has 0 bridgehead atoms. The van der Waals surface area contributed by atoms with Crippen molar-refractivity contribution in [1.29, 1.82) is 0 Å². The zero-order valence-electron chi connectivity index (χ0n) is 10.8. The number of hydrogen-bond donors (Lipinski definition) is 0. The molecule has 0 unspecified atom stereocenters. The predicted octanol–water partition coefficient (Wildman–Crippen LogP) is 1.44. The summed E-state index contributed by atoms with van der Waals surface area (Å²) in [6, 6.07) is 3.44. The lowest BCUT2D eigenvalue weighted by Crippen LogP contribution is -2.36. The number of esters is 1. The second kappa shape index (κ2) is 5.51. The van der Waals surface area contributed by atoms with Crippen LogP contribution in [0.3, 0.4) is 0 Å². The van der Waals surface area contributed by atoms with Crippen LogP contribution in [0.4, 0.5) is 0 Å². The summed E-state index contributed by atoms with van der Waals surface area (Å²) < 4.78 is 9.94. The van der Waals surface area contributed by atoms with Crippen LogP contribution in [0.5, 0.6) is 0 Å². The summed E-state index contributed by atoms with van der Waals surface area (Å²) in [7, 11) is 0. The van der Waals surface area contributed by atoms with E-state index in [0.29, 0.717) is 11.6 Å². The highest BCUT2D eigenvalue weighted by Crippen LogP contribution is 2.18. The fourth-order valence-electron chi connectivity index (χ4n) is 1.69. The third-order valence-corrected chi connectivity index (χ3v) is 2.55. The summed E-state index contributed by atoms with van der Waals surface area (Å²) in [6.45, 7) is 3.54. The number of amides is 1. The highest BCUT2D eigenvalue weighted by atomic mass is 16.5. The molecule has 0 saturated heterocycles. The van der Waals surface area contributed by atoms with Crippen LogP contribution in [0.2, 0.25) is 0 Å². The average Bonchev–Trinajstić information content (AvgIpc) is 2.95. The van der Waals surface area contributed by atoms with Gasteiger partial charge in [-0.05, 0) is 26.0 Å². The van der Waals surface area contributed by atoms with Crippen LogP contribution in [0.1, 0.15) is 19.6 Å². The molecule has 1 aromatic rings. The minimum Gasteiger partial charge on any atom is -0.465 e. The van der Waals surface area contributed by atoms with Crippen molar-refractivity contribution >= 4 is 23.8 Å². The lowest BCUT2D eigenvalue weighted by Gasteiger charge is -2.14. The zero-order chi connectivity index (χ0) is 13.8. The highest BCUT2D eigenvalue weighted by Gasteiger charge is 2.29. The first-order valence-corrected chi connectivity index (χ1v) is 5.89. The number of aliphatic imine (C=N–C) groups is 1. The molecule has 0 aliphatic carbocycles. The van der Waals surface area contributed by atoms with Gasteiger partial charge in [0.1, 0.15) is 23.8 Å². The van der Waals surface area contributed by atoms with Gasteiger partial charge in [-0.3, -0.25) is 14.5 Å². The van der Waals surface area contributed by atoms with Gasteiger partial charge in [-0.1, -0.05) is 0 Å². The number of ether oxygens (including phenoxy) is 1. The maximum atomic E-state index is 12.1. The number of hydrogen-bond acceptors (Lipinski definition) is 5. The van der Waals surface area contributed by atoms with Crippen molar-refractivity contribution in [2.45, 2.75) is 13.8 Å². The fourth-order valence-corrected chi connectivity index (χ4v) is 1.69. The van der Waals surface area contributed by atoms with Crippen LogP contribution in [-0.2, 0) is 14.3 Å². The number of furan rings is 1. The molecule has 100 valence electrons. The molecule has 0 spiro atoms. The van der Waals surface area contributed by atoms with Gasteiger partial charge in [-0.25, -0.2) is 4.99 Å². The van der Waals surface area contributed by atoms with Crippen LogP contribution >= 0.6 is 0 Å². The molecule has 1 aromatic heterocycles. The van der Waals surface area contributed by atoms with Gasteiger partial charge < -0.3 is 9.15 Å². The third kappa shape index (κ3) is 2.90. The quantitative estimate of drug-likeness (QED) is 0.608. The SMILES string of the molecule is CCOC(=O)CN1C(=O)/C(=C/c2ccco2)N=C1C. The number of carbonyl (C=O) groups is 2. The van der Waals surface area contributed by atoms with Gasteiger partial charge in [0.15, 0.2) is 0 Å². The number of rotatable bonds is 4. The van der Waals surface area contributed by atoms with Crippen molar-refractivity contribution in [2.75, 3.05) is 13.2 Å². The summed E-state index contributed by atoms with van der Waals surface area (Å²) in [5.74, 6) is 0.223. The molecule has 6 nitrogen and oxygen atoms in total. The molecular formula is C13H14N2O4. The number of amidine groups is 1. The summed E-state index contributed by atoms with van der Waals surface area (Å²) in [5.41, 5.74) is 0.247. The van der Waals surface area contributed by atoms with Crippen molar-refractivity contribution in [1.82, 2.24) is 4.90 Å². The molecule has 0 aromatic carbocycles. The van der Waals surface area contributed by atoms with E-state index in [1.54, 1.807) is 26.0 Å². The molecule has 0 fully saturated rings. The Bertz CT molecular complexity index is 543. The number of nitrogens with zero attached hydrogens (tertiary/aromatic N) is 2. The van der Waals surface area contributed by atoms with E-state index < -0.39 is 5.97 Å². The van der Waals surface area contributed by atoms with Gasteiger partial charge in [0.2, 0.25) is 0 Å². The van der Waals surface area contributed by atoms with Crippen LogP contribution in [0.15, 0.2) is 33.5 Å². The van der Waals surface area contributed by atoms with Crippen molar-refractivity contribution in [2.24, 2.45) is 4.99 Å². The van der Waals surface area contributed by atoms with Gasteiger partial charge in [-0.15, -0.1) is 0 Å². The Hall–Kier alpha value is -2.37. The van der Waals surface area contributed by atoms with Gasteiger partial charge in [0.05, 0.1) is 12.9 Å². The average molecular weight is 262 g/mol. The van der Waals surface area contributed by atoms with Gasteiger partial charge in [-0.2, -0.15) is 0 Å². The van der Waals surface area contributed by atoms with Gasteiger partial charge >= 0.3 is 5.97 Å². The first-order valence-electron chi connectivity index (χ1n) is 5.89. The Kier molecular flexibility index (Phi) is 3.79. The highest BCUT2D eigenvalue weighted by molar-refractivity contribution is 6.14. The summed E-state index contributed by atoms with van der Waals surface area (Å²) >= 11 is 0. The lowest BCUT2D eigenvalue weighted by molar-refractivity contribution is -0.145. The maximum absolute atomic E-state index is 12.1. The van der Waals surface area contributed by atoms with E-state index in [-0.39, 0.29) is 24.8 Å². The fraction of sp³-hybridized carbons (Fsp3) is 0.308. The van der Waals surface area contributed by atoms with Crippen molar-refractivity contribution in [3.8, 4) is 0 Å². The minimum atomic E-state index is -0.454. The molecule has 2 rings (SSSR count). The smallest absolute Gasteiger partial charge is 0.326 e. The Balaban J connectivity index is 2.12. The van der Waals surface area contributed by atoms with Crippen molar-refractivity contribution < 1.29 is 18.7 Å². The molecule has 1 aliphatic heterocycles.